The first-order chi connectivity index (χ1) is 9.10. The molecule has 0 bridgehead atoms. The van der Waals surface area contributed by atoms with E-state index in [0.29, 0.717) is 5.56 Å². The van der Waals surface area contributed by atoms with E-state index in [2.05, 4.69) is 11.9 Å². The van der Waals surface area contributed by atoms with Crippen LogP contribution in [0.4, 0.5) is 14.5 Å². The van der Waals surface area contributed by atoms with Crippen molar-refractivity contribution in [3.63, 3.8) is 0 Å². The molecular weight excluding hydrogens is 248 g/mol. The van der Waals surface area contributed by atoms with Gasteiger partial charge in [0.15, 0.2) is 0 Å². The van der Waals surface area contributed by atoms with Gasteiger partial charge in [0.05, 0.1) is 5.69 Å². The topological polar surface area (TPSA) is 29.1 Å². The molecule has 19 heavy (non-hydrogen) atoms. The van der Waals surface area contributed by atoms with Crippen LogP contribution in [0, 0.1) is 11.6 Å². The summed E-state index contributed by atoms with van der Waals surface area (Å²) in [5, 5.41) is 2.39. The fraction of sp³-hybridized carbons (Fsp3) is 0. The van der Waals surface area contributed by atoms with Crippen LogP contribution in [0.3, 0.4) is 0 Å². The van der Waals surface area contributed by atoms with Crippen LogP contribution in [-0.4, -0.2) is 5.91 Å². The van der Waals surface area contributed by atoms with Gasteiger partial charge in [0.1, 0.15) is 11.6 Å². The number of nitrogens with one attached hydrogen (secondary N) is 1. The molecule has 0 aliphatic heterocycles. The van der Waals surface area contributed by atoms with Gasteiger partial charge in [0, 0.05) is 11.6 Å². The lowest BCUT2D eigenvalue weighted by Gasteiger charge is -2.07. The second kappa shape index (κ2) is 5.44. The minimum absolute atomic E-state index is 0.0598. The van der Waals surface area contributed by atoms with E-state index in [9.17, 15) is 13.6 Å². The van der Waals surface area contributed by atoms with E-state index in [4.69, 9.17) is 0 Å². The lowest BCUT2D eigenvalue weighted by atomic mass is 10.1. The van der Waals surface area contributed by atoms with Crippen LogP contribution >= 0.6 is 0 Å². The number of carbonyl (C=O) groups excluding carboxylic acids is 1. The van der Waals surface area contributed by atoms with E-state index in [1.807, 2.05) is 0 Å². The smallest absolute Gasteiger partial charge is 0.255 e. The van der Waals surface area contributed by atoms with Crippen molar-refractivity contribution < 1.29 is 13.6 Å². The quantitative estimate of drug-likeness (QED) is 0.891. The van der Waals surface area contributed by atoms with Crippen molar-refractivity contribution in [1.82, 2.24) is 0 Å². The molecule has 0 spiro atoms. The van der Waals surface area contributed by atoms with E-state index in [0.717, 1.165) is 17.7 Å². The second-order valence-corrected chi connectivity index (χ2v) is 3.91. The lowest BCUT2D eigenvalue weighted by molar-refractivity contribution is 0.102. The molecule has 2 rings (SSSR count). The summed E-state index contributed by atoms with van der Waals surface area (Å²) in [5.74, 6) is -1.97. The van der Waals surface area contributed by atoms with Gasteiger partial charge >= 0.3 is 0 Å². The largest absolute Gasteiger partial charge is 0.319 e. The summed E-state index contributed by atoms with van der Waals surface area (Å²) in [4.78, 5) is 11.9. The summed E-state index contributed by atoms with van der Waals surface area (Å²) in [6, 6.07) is 9.71. The number of benzene rings is 2. The van der Waals surface area contributed by atoms with Crippen molar-refractivity contribution >= 4 is 17.7 Å². The molecule has 1 amide bonds. The van der Waals surface area contributed by atoms with Crippen LogP contribution < -0.4 is 5.32 Å². The van der Waals surface area contributed by atoms with E-state index in [1.165, 1.54) is 6.07 Å². The highest BCUT2D eigenvalue weighted by Crippen LogP contribution is 2.16. The monoisotopic (exact) mass is 259 g/mol. The molecule has 0 unspecified atom stereocenters. The molecule has 0 fully saturated rings. The average Bonchev–Trinajstić information content (AvgIpc) is 2.42. The normalized spacial score (nSPS) is 10.0. The number of carbonyl (C=O) groups is 1. The molecule has 2 nitrogen and oxygen atoms in total. The minimum Gasteiger partial charge on any atom is -0.319 e. The highest BCUT2D eigenvalue weighted by atomic mass is 19.1. The molecule has 0 saturated carbocycles. The standard InChI is InChI=1S/C15H11F2NO/c1-2-10-4-3-5-11(8-10)15(19)18-14-7-6-12(16)9-13(14)17/h2-9H,1H2,(H,18,19). The molecule has 0 aliphatic rings. The van der Waals surface area contributed by atoms with Crippen LogP contribution in [0.1, 0.15) is 15.9 Å². The van der Waals surface area contributed by atoms with Crippen molar-refractivity contribution in [1.29, 1.82) is 0 Å². The van der Waals surface area contributed by atoms with E-state index < -0.39 is 17.5 Å². The van der Waals surface area contributed by atoms with Gasteiger partial charge in [0.2, 0.25) is 0 Å². The summed E-state index contributed by atoms with van der Waals surface area (Å²) in [6.45, 7) is 3.61. The zero-order chi connectivity index (χ0) is 13.8. The fourth-order valence-electron chi connectivity index (χ4n) is 1.59. The van der Waals surface area contributed by atoms with Crippen molar-refractivity contribution in [2.24, 2.45) is 0 Å². The Morgan fingerprint density at radius 3 is 2.63 bits per heavy atom. The molecular formula is C15H11F2NO. The molecule has 0 radical (unpaired) electrons. The summed E-state index contributed by atoms with van der Waals surface area (Å²) in [5.41, 5.74) is 1.10. The Kier molecular flexibility index (Phi) is 3.71. The Labute approximate surface area is 109 Å². The summed E-state index contributed by atoms with van der Waals surface area (Å²) in [6.07, 6.45) is 1.61. The average molecular weight is 259 g/mol. The first-order valence-corrected chi connectivity index (χ1v) is 5.59. The predicted molar refractivity (Wildman–Crippen MR) is 70.8 cm³/mol. The second-order valence-electron chi connectivity index (χ2n) is 3.91. The first kappa shape index (κ1) is 13.0. The maximum atomic E-state index is 13.4. The van der Waals surface area contributed by atoms with Gasteiger partial charge in [0.25, 0.3) is 5.91 Å². The molecule has 4 heteroatoms. The molecule has 2 aromatic carbocycles. The van der Waals surface area contributed by atoms with E-state index in [1.54, 1.807) is 30.3 Å². The zero-order valence-electron chi connectivity index (χ0n) is 9.99. The van der Waals surface area contributed by atoms with E-state index >= 15 is 0 Å². The zero-order valence-corrected chi connectivity index (χ0v) is 9.99. The van der Waals surface area contributed by atoms with Crippen molar-refractivity contribution in [3.8, 4) is 0 Å². The number of rotatable bonds is 3. The van der Waals surface area contributed by atoms with Crippen molar-refractivity contribution in [3.05, 3.63) is 71.8 Å². The van der Waals surface area contributed by atoms with Gasteiger partial charge in [-0.2, -0.15) is 0 Å². The Morgan fingerprint density at radius 2 is 1.95 bits per heavy atom. The number of halogens is 2. The van der Waals surface area contributed by atoms with Gasteiger partial charge in [-0.15, -0.1) is 0 Å². The summed E-state index contributed by atoms with van der Waals surface area (Å²) in [7, 11) is 0. The highest BCUT2D eigenvalue weighted by Gasteiger charge is 2.10. The molecule has 96 valence electrons. The molecule has 2 aromatic rings. The van der Waals surface area contributed by atoms with Gasteiger partial charge in [-0.05, 0) is 29.8 Å². The van der Waals surface area contributed by atoms with Crippen LogP contribution in [0.25, 0.3) is 6.08 Å². The molecule has 0 saturated heterocycles. The Morgan fingerprint density at radius 1 is 1.16 bits per heavy atom. The third-order valence-electron chi connectivity index (χ3n) is 2.56. The van der Waals surface area contributed by atoms with Crippen molar-refractivity contribution in [2.45, 2.75) is 0 Å². The molecule has 1 N–H and O–H groups in total. The molecule has 0 atom stereocenters. The maximum Gasteiger partial charge on any atom is 0.255 e. The van der Waals surface area contributed by atoms with Crippen LogP contribution in [0.2, 0.25) is 0 Å². The number of anilines is 1. The molecule has 0 heterocycles. The molecule has 0 aromatic heterocycles. The third kappa shape index (κ3) is 3.04. The van der Waals surface area contributed by atoms with Gasteiger partial charge in [-0.3, -0.25) is 4.79 Å². The summed E-state index contributed by atoms with van der Waals surface area (Å²) >= 11 is 0. The highest BCUT2D eigenvalue weighted by molar-refractivity contribution is 6.04. The fourth-order valence-corrected chi connectivity index (χ4v) is 1.59. The predicted octanol–water partition coefficient (Wildman–Crippen LogP) is 3.86. The van der Waals surface area contributed by atoms with E-state index in [-0.39, 0.29) is 5.69 Å². The minimum atomic E-state index is -0.812. The van der Waals surface area contributed by atoms with Crippen molar-refractivity contribution in [2.75, 3.05) is 5.32 Å². The first-order valence-electron chi connectivity index (χ1n) is 5.59. The number of hydrogen-bond acceptors (Lipinski definition) is 1. The van der Waals surface area contributed by atoms with Gasteiger partial charge in [-0.1, -0.05) is 24.8 Å². The Balaban J connectivity index is 2.22. The van der Waals surface area contributed by atoms with Crippen LogP contribution in [-0.2, 0) is 0 Å². The SMILES string of the molecule is C=Cc1cccc(C(=O)Nc2ccc(F)cc2F)c1. The van der Waals surface area contributed by atoms with Crippen LogP contribution in [0.5, 0.6) is 0 Å². The Hall–Kier alpha value is -2.49. The number of hydrogen-bond donors (Lipinski definition) is 1. The van der Waals surface area contributed by atoms with Gasteiger partial charge < -0.3 is 5.32 Å². The Bertz CT molecular complexity index is 638. The lowest BCUT2D eigenvalue weighted by Crippen LogP contribution is -2.13. The van der Waals surface area contributed by atoms with Crippen LogP contribution in [0.15, 0.2) is 49.0 Å². The maximum absolute atomic E-state index is 13.4. The van der Waals surface area contributed by atoms with Gasteiger partial charge in [-0.25, -0.2) is 8.78 Å². The third-order valence-corrected chi connectivity index (χ3v) is 2.56. The number of amides is 1. The molecule has 0 aliphatic carbocycles. The summed E-state index contributed by atoms with van der Waals surface area (Å²) < 4.78 is 26.1.